The molecule has 3 nitrogen and oxygen atoms in total. The summed E-state index contributed by atoms with van der Waals surface area (Å²) < 4.78 is 0. The minimum atomic E-state index is -0.417. The van der Waals surface area contributed by atoms with Crippen LogP contribution in [0.2, 0.25) is 0 Å². The molecule has 4 N–H and O–H groups in total. The topological polar surface area (TPSA) is 75.8 Å². The Morgan fingerprint density at radius 2 is 1.53 bits per heavy atom. The van der Waals surface area contributed by atoms with Gasteiger partial charge in [0.15, 0.2) is 0 Å². The first kappa shape index (κ1) is 13.7. The molecule has 0 fully saturated rings. The van der Waals surface area contributed by atoms with E-state index in [0.717, 1.165) is 31.2 Å². The van der Waals surface area contributed by atoms with Crippen molar-refractivity contribution in [2.75, 3.05) is 13.1 Å². The van der Waals surface area contributed by atoms with E-state index >= 15 is 0 Å². The average molecular weight is 231 g/mol. The van der Waals surface area contributed by atoms with Crippen molar-refractivity contribution in [2.24, 2.45) is 11.5 Å². The summed E-state index contributed by atoms with van der Waals surface area (Å²) in [5, 5.41) is 9.55. The number of hydrogen-bond donors (Lipinski definition) is 2. The van der Waals surface area contributed by atoms with Gasteiger partial charge in [0, 0.05) is 0 Å². The van der Waals surface area contributed by atoms with Crippen molar-refractivity contribution < 1.29 is 0 Å². The molecule has 0 atom stereocenters. The number of nitrogens with zero attached hydrogens (tertiary/aromatic N) is 1. The van der Waals surface area contributed by atoms with E-state index in [9.17, 15) is 5.26 Å². The van der Waals surface area contributed by atoms with Crippen molar-refractivity contribution in [3.8, 4) is 6.07 Å². The van der Waals surface area contributed by atoms with Gasteiger partial charge < -0.3 is 11.5 Å². The van der Waals surface area contributed by atoms with Crippen LogP contribution in [-0.4, -0.2) is 13.1 Å². The summed E-state index contributed by atoms with van der Waals surface area (Å²) in [4.78, 5) is 0. The molecule has 0 heterocycles. The Balaban J connectivity index is 2.94. The summed E-state index contributed by atoms with van der Waals surface area (Å²) in [7, 11) is 0. The highest BCUT2D eigenvalue weighted by Gasteiger charge is 2.30. The maximum absolute atomic E-state index is 9.55. The van der Waals surface area contributed by atoms with Crippen LogP contribution in [0.5, 0.6) is 0 Å². The maximum atomic E-state index is 9.55. The standard InChI is InChI=1S/C14H21N3/c15-10-4-8-14(12-17,9-5-11-16)13-6-2-1-3-7-13/h1-3,6-7H,4-5,8-11,15-16H2. The molecule has 0 radical (unpaired) electrons. The highest BCUT2D eigenvalue weighted by molar-refractivity contribution is 5.32. The second kappa shape index (κ2) is 7.05. The molecule has 0 aliphatic carbocycles. The van der Waals surface area contributed by atoms with Crippen LogP contribution < -0.4 is 11.5 Å². The van der Waals surface area contributed by atoms with E-state index in [4.69, 9.17) is 11.5 Å². The zero-order valence-electron chi connectivity index (χ0n) is 10.2. The molecule has 92 valence electrons. The lowest BCUT2D eigenvalue weighted by Crippen LogP contribution is -2.26. The number of nitrogens with two attached hydrogens (primary N) is 2. The second-order valence-corrected chi connectivity index (χ2v) is 4.34. The summed E-state index contributed by atoms with van der Waals surface area (Å²) in [6.45, 7) is 1.25. The van der Waals surface area contributed by atoms with Crippen LogP contribution in [0.15, 0.2) is 30.3 Å². The van der Waals surface area contributed by atoms with Crippen molar-refractivity contribution in [1.82, 2.24) is 0 Å². The third-order valence-corrected chi connectivity index (χ3v) is 3.16. The van der Waals surface area contributed by atoms with Crippen molar-refractivity contribution in [1.29, 1.82) is 5.26 Å². The highest BCUT2D eigenvalue weighted by atomic mass is 14.5. The molecule has 0 saturated heterocycles. The minimum Gasteiger partial charge on any atom is -0.330 e. The van der Waals surface area contributed by atoms with Crippen LogP contribution in [0.25, 0.3) is 0 Å². The van der Waals surface area contributed by atoms with Gasteiger partial charge in [-0.05, 0) is 44.3 Å². The zero-order chi connectivity index (χ0) is 12.6. The maximum Gasteiger partial charge on any atom is 0.0823 e. The molecule has 1 rings (SSSR count). The van der Waals surface area contributed by atoms with Gasteiger partial charge in [-0.1, -0.05) is 30.3 Å². The van der Waals surface area contributed by atoms with E-state index in [-0.39, 0.29) is 0 Å². The minimum absolute atomic E-state index is 0.417. The molecule has 0 amide bonds. The Bertz CT molecular complexity index is 345. The summed E-state index contributed by atoms with van der Waals surface area (Å²) in [6, 6.07) is 12.5. The molecule has 3 heteroatoms. The fraction of sp³-hybridized carbons (Fsp3) is 0.500. The number of rotatable bonds is 7. The SMILES string of the molecule is N#CC(CCCN)(CCCN)c1ccccc1. The number of nitriles is 1. The second-order valence-electron chi connectivity index (χ2n) is 4.34. The fourth-order valence-corrected chi connectivity index (χ4v) is 2.15. The molecule has 0 aliphatic rings. The lowest BCUT2D eigenvalue weighted by Gasteiger charge is -2.27. The molecule has 0 saturated carbocycles. The zero-order valence-corrected chi connectivity index (χ0v) is 10.2. The number of benzene rings is 1. The van der Waals surface area contributed by atoms with E-state index in [1.165, 1.54) is 0 Å². The van der Waals surface area contributed by atoms with Crippen LogP contribution in [0.3, 0.4) is 0 Å². The number of hydrogen-bond acceptors (Lipinski definition) is 3. The summed E-state index contributed by atoms with van der Waals surface area (Å²) in [5.41, 5.74) is 11.8. The first-order chi connectivity index (χ1) is 8.29. The molecule has 0 aliphatic heterocycles. The van der Waals surface area contributed by atoms with Gasteiger partial charge in [0.1, 0.15) is 0 Å². The predicted molar refractivity (Wildman–Crippen MR) is 70.3 cm³/mol. The van der Waals surface area contributed by atoms with Crippen molar-refractivity contribution in [2.45, 2.75) is 31.1 Å². The molecule has 0 spiro atoms. The quantitative estimate of drug-likeness (QED) is 0.752. The van der Waals surface area contributed by atoms with Crippen LogP contribution in [-0.2, 0) is 5.41 Å². The van der Waals surface area contributed by atoms with Crippen molar-refractivity contribution >= 4 is 0 Å². The third-order valence-electron chi connectivity index (χ3n) is 3.16. The molecule has 0 aromatic heterocycles. The Labute approximate surface area is 103 Å². The van der Waals surface area contributed by atoms with Gasteiger partial charge in [0.05, 0.1) is 11.5 Å². The van der Waals surface area contributed by atoms with Crippen molar-refractivity contribution in [3.05, 3.63) is 35.9 Å². The van der Waals surface area contributed by atoms with Gasteiger partial charge in [0.2, 0.25) is 0 Å². The van der Waals surface area contributed by atoms with Gasteiger partial charge in [-0.2, -0.15) is 5.26 Å². The first-order valence-electron chi connectivity index (χ1n) is 6.16. The Morgan fingerprint density at radius 1 is 1.00 bits per heavy atom. The Kier molecular flexibility index (Phi) is 5.68. The average Bonchev–Trinajstić information content (AvgIpc) is 2.41. The summed E-state index contributed by atoms with van der Waals surface area (Å²) in [5.74, 6) is 0. The fourth-order valence-electron chi connectivity index (χ4n) is 2.15. The van der Waals surface area contributed by atoms with Gasteiger partial charge >= 0.3 is 0 Å². The van der Waals surface area contributed by atoms with E-state index in [0.29, 0.717) is 13.1 Å². The molecular weight excluding hydrogens is 210 g/mol. The Morgan fingerprint density at radius 3 is 1.94 bits per heavy atom. The third kappa shape index (κ3) is 3.55. The van der Waals surface area contributed by atoms with E-state index in [2.05, 4.69) is 6.07 Å². The highest BCUT2D eigenvalue weighted by Crippen LogP contribution is 2.33. The van der Waals surface area contributed by atoms with Gasteiger partial charge in [-0.15, -0.1) is 0 Å². The summed E-state index contributed by atoms with van der Waals surface area (Å²) in [6.07, 6.45) is 3.36. The van der Waals surface area contributed by atoms with Crippen LogP contribution in [0, 0.1) is 11.3 Å². The Hall–Kier alpha value is -1.37. The molecular formula is C14H21N3. The molecule has 1 aromatic carbocycles. The lowest BCUT2D eigenvalue weighted by molar-refractivity contribution is 0.441. The lowest BCUT2D eigenvalue weighted by atomic mass is 9.74. The largest absolute Gasteiger partial charge is 0.330 e. The first-order valence-corrected chi connectivity index (χ1v) is 6.16. The molecule has 1 aromatic rings. The van der Waals surface area contributed by atoms with Crippen LogP contribution >= 0.6 is 0 Å². The normalized spacial score (nSPS) is 11.1. The van der Waals surface area contributed by atoms with Crippen LogP contribution in [0.4, 0.5) is 0 Å². The van der Waals surface area contributed by atoms with Gasteiger partial charge in [-0.25, -0.2) is 0 Å². The predicted octanol–water partition coefficient (Wildman–Crippen LogP) is 1.93. The summed E-state index contributed by atoms with van der Waals surface area (Å²) >= 11 is 0. The molecule has 0 bridgehead atoms. The van der Waals surface area contributed by atoms with Gasteiger partial charge in [-0.3, -0.25) is 0 Å². The van der Waals surface area contributed by atoms with E-state index < -0.39 is 5.41 Å². The smallest absolute Gasteiger partial charge is 0.0823 e. The molecule has 17 heavy (non-hydrogen) atoms. The molecule has 0 unspecified atom stereocenters. The van der Waals surface area contributed by atoms with Crippen molar-refractivity contribution in [3.63, 3.8) is 0 Å². The van der Waals surface area contributed by atoms with E-state index in [1.807, 2.05) is 30.3 Å². The van der Waals surface area contributed by atoms with Gasteiger partial charge in [0.25, 0.3) is 0 Å². The monoisotopic (exact) mass is 231 g/mol. The van der Waals surface area contributed by atoms with Crippen LogP contribution in [0.1, 0.15) is 31.2 Å². The van der Waals surface area contributed by atoms with E-state index in [1.54, 1.807) is 0 Å².